The maximum atomic E-state index is 12.0. The van der Waals surface area contributed by atoms with Gasteiger partial charge < -0.3 is 19.9 Å². The number of urea groups is 1. The normalized spacial score (nSPS) is 16.1. The fraction of sp³-hybridized carbons (Fsp3) is 0.857. The summed E-state index contributed by atoms with van der Waals surface area (Å²) in [5, 5.41) is 2.61. The molecule has 0 saturated carbocycles. The Bertz CT molecular complexity index is 313. The number of hydrogen-bond donors (Lipinski definition) is 1. The van der Waals surface area contributed by atoms with Crippen molar-refractivity contribution in [3.63, 3.8) is 0 Å². The van der Waals surface area contributed by atoms with Crippen LogP contribution in [0.5, 0.6) is 0 Å². The molecular weight excluding hydrogens is 258 g/mol. The summed E-state index contributed by atoms with van der Waals surface area (Å²) in [6, 6.07) is -0.229. The molecule has 116 valence electrons. The topological polar surface area (TPSA) is 61.9 Å². The van der Waals surface area contributed by atoms with E-state index in [1.807, 2.05) is 4.90 Å². The van der Waals surface area contributed by atoms with Gasteiger partial charge in [-0.2, -0.15) is 0 Å². The maximum absolute atomic E-state index is 12.0. The molecule has 0 aromatic rings. The quantitative estimate of drug-likeness (QED) is 0.738. The molecule has 6 nitrogen and oxygen atoms in total. The first-order chi connectivity index (χ1) is 9.54. The van der Waals surface area contributed by atoms with E-state index >= 15 is 0 Å². The van der Waals surface area contributed by atoms with Crippen LogP contribution in [0.25, 0.3) is 0 Å². The minimum atomic E-state index is -0.229. The van der Waals surface area contributed by atoms with E-state index < -0.39 is 0 Å². The van der Waals surface area contributed by atoms with E-state index in [-0.39, 0.29) is 18.5 Å². The van der Waals surface area contributed by atoms with Crippen molar-refractivity contribution in [1.82, 2.24) is 15.1 Å². The second-order valence-electron chi connectivity index (χ2n) is 5.51. The molecule has 0 unspecified atom stereocenters. The molecule has 20 heavy (non-hydrogen) atoms. The number of piperidine rings is 1. The maximum Gasteiger partial charge on any atom is 0.317 e. The van der Waals surface area contributed by atoms with Crippen LogP contribution in [0.4, 0.5) is 4.79 Å². The van der Waals surface area contributed by atoms with Crippen LogP contribution in [-0.4, -0.2) is 69.2 Å². The average molecular weight is 285 g/mol. The van der Waals surface area contributed by atoms with Crippen LogP contribution >= 0.6 is 0 Å². The zero-order valence-corrected chi connectivity index (χ0v) is 12.9. The second kappa shape index (κ2) is 8.79. The van der Waals surface area contributed by atoms with Crippen molar-refractivity contribution in [2.45, 2.75) is 25.7 Å². The van der Waals surface area contributed by atoms with E-state index in [1.54, 1.807) is 21.2 Å². The Hall–Kier alpha value is -1.30. The van der Waals surface area contributed by atoms with Crippen LogP contribution < -0.4 is 5.32 Å². The summed E-state index contributed by atoms with van der Waals surface area (Å²) in [4.78, 5) is 26.6. The van der Waals surface area contributed by atoms with Crippen molar-refractivity contribution in [3.05, 3.63) is 0 Å². The number of rotatable bonds is 6. The van der Waals surface area contributed by atoms with Gasteiger partial charge in [0.2, 0.25) is 5.91 Å². The van der Waals surface area contributed by atoms with Gasteiger partial charge in [-0.1, -0.05) is 0 Å². The number of likely N-dealkylation sites (tertiary alicyclic amines) is 1. The van der Waals surface area contributed by atoms with Gasteiger partial charge in [0.05, 0.1) is 6.54 Å². The molecule has 0 spiro atoms. The van der Waals surface area contributed by atoms with Gasteiger partial charge in [-0.25, -0.2) is 4.79 Å². The summed E-state index contributed by atoms with van der Waals surface area (Å²) in [5.74, 6) is 0.709. The van der Waals surface area contributed by atoms with Crippen molar-refractivity contribution >= 4 is 11.9 Å². The van der Waals surface area contributed by atoms with Gasteiger partial charge in [0.15, 0.2) is 0 Å². The zero-order chi connectivity index (χ0) is 15.0. The van der Waals surface area contributed by atoms with Crippen LogP contribution in [0.2, 0.25) is 0 Å². The second-order valence-corrected chi connectivity index (χ2v) is 5.51. The van der Waals surface area contributed by atoms with Crippen molar-refractivity contribution in [1.29, 1.82) is 0 Å². The van der Waals surface area contributed by atoms with E-state index in [4.69, 9.17) is 4.74 Å². The van der Waals surface area contributed by atoms with Crippen LogP contribution in [0.3, 0.4) is 0 Å². The number of carbonyl (C=O) groups excluding carboxylic acids is 2. The van der Waals surface area contributed by atoms with Crippen molar-refractivity contribution in [3.8, 4) is 0 Å². The predicted molar refractivity (Wildman–Crippen MR) is 77.5 cm³/mol. The van der Waals surface area contributed by atoms with Gasteiger partial charge in [-0.3, -0.25) is 4.79 Å². The lowest BCUT2D eigenvalue weighted by Crippen LogP contribution is -2.46. The molecule has 1 saturated heterocycles. The largest absolute Gasteiger partial charge is 0.385 e. The van der Waals surface area contributed by atoms with Gasteiger partial charge in [-0.05, 0) is 31.6 Å². The molecule has 0 aliphatic carbocycles. The SMILES string of the molecule is COCCCC1CCN(C(=O)CNC(=O)N(C)C)CC1. The summed E-state index contributed by atoms with van der Waals surface area (Å²) in [6.07, 6.45) is 4.37. The molecule has 0 bridgehead atoms. The summed E-state index contributed by atoms with van der Waals surface area (Å²) in [6.45, 7) is 2.50. The lowest BCUT2D eigenvalue weighted by atomic mass is 9.92. The van der Waals surface area contributed by atoms with Gasteiger partial charge in [0, 0.05) is 40.9 Å². The van der Waals surface area contributed by atoms with Crippen LogP contribution in [0.15, 0.2) is 0 Å². The summed E-state index contributed by atoms with van der Waals surface area (Å²) < 4.78 is 5.06. The Labute approximate surface area is 121 Å². The number of carbonyl (C=O) groups is 2. The predicted octanol–water partition coefficient (Wildman–Crippen LogP) is 0.923. The third kappa shape index (κ3) is 5.77. The van der Waals surface area contributed by atoms with Crippen molar-refractivity contribution in [2.75, 3.05) is 47.4 Å². The highest BCUT2D eigenvalue weighted by Crippen LogP contribution is 2.21. The van der Waals surface area contributed by atoms with E-state index in [2.05, 4.69) is 5.32 Å². The minimum Gasteiger partial charge on any atom is -0.385 e. The van der Waals surface area contributed by atoms with Gasteiger partial charge in [0.25, 0.3) is 0 Å². The molecule has 0 radical (unpaired) electrons. The Kier molecular flexibility index (Phi) is 7.36. The van der Waals surface area contributed by atoms with Crippen molar-refractivity contribution in [2.24, 2.45) is 5.92 Å². The summed E-state index contributed by atoms with van der Waals surface area (Å²) in [7, 11) is 5.04. The third-order valence-corrected chi connectivity index (χ3v) is 3.73. The molecule has 6 heteroatoms. The smallest absolute Gasteiger partial charge is 0.317 e. The van der Waals surface area contributed by atoms with Crippen LogP contribution in [0, 0.1) is 5.92 Å². The Morgan fingerprint density at radius 2 is 1.95 bits per heavy atom. The van der Waals surface area contributed by atoms with Gasteiger partial charge in [0.1, 0.15) is 0 Å². The molecule has 1 heterocycles. The highest BCUT2D eigenvalue weighted by Gasteiger charge is 2.22. The Morgan fingerprint density at radius 1 is 1.30 bits per heavy atom. The zero-order valence-electron chi connectivity index (χ0n) is 12.9. The fourth-order valence-electron chi connectivity index (χ4n) is 2.41. The lowest BCUT2D eigenvalue weighted by Gasteiger charge is -2.32. The number of methoxy groups -OCH3 is 1. The van der Waals surface area contributed by atoms with E-state index in [0.717, 1.165) is 39.0 Å². The highest BCUT2D eigenvalue weighted by molar-refractivity contribution is 5.83. The van der Waals surface area contributed by atoms with E-state index in [0.29, 0.717) is 5.92 Å². The van der Waals surface area contributed by atoms with Crippen LogP contribution in [-0.2, 0) is 9.53 Å². The number of nitrogens with zero attached hydrogens (tertiary/aromatic N) is 2. The van der Waals surface area contributed by atoms with Crippen LogP contribution in [0.1, 0.15) is 25.7 Å². The first-order valence-corrected chi connectivity index (χ1v) is 7.26. The first-order valence-electron chi connectivity index (χ1n) is 7.26. The Morgan fingerprint density at radius 3 is 2.50 bits per heavy atom. The standard InChI is InChI=1S/C14H27N3O3/c1-16(2)14(19)15-11-13(18)17-8-6-12(7-9-17)5-4-10-20-3/h12H,4-11H2,1-3H3,(H,15,19). The average Bonchev–Trinajstić information content (AvgIpc) is 2.45. The highest BCUT2D eigenvalue weighted by atomic mass is 16.5. The number of amides is 3. The van der Waals surface area contributed by atoms with Gasteiger partial charge >= 0.3 is 6.03 Å². The molecule has 1 N–H and O–H groups in total. The Balaban J connectivity index is 2.20. The van der Waals surface area contributed by atoms with E-state index in [1.165, 1.54) is 11.3 Å². The monoisotopic (exact) mass is 285 g/mol. The third-order valence-electron chi connectivity index (χ3n) is 3.73. The first kappa shape index (κ1) is 16.8. The van der Waals surface area contributed by atoms with Crippen molar-refractivity contribution < 1.29 is 14.3 Å². The number of hydrogen-bond acceptors (Lipinski definition) is 3. The van der Waals surface area contributed by atoms with Gasteiger partial charge in [-0.15, -0.1) is 0 Å². The molecular formula is C14H27N3O3. The molecule has 1 aliphatic heterocycles. The lowest BCUT2D eigenvalue weighted by molar-refractivity contribution is -0.131. The van der Waals surface area contributed by atoms with E-state index in [9.17, 15) is 9.59 Å². The fourth-order valence-corrected chi connectivity index (χ4v) is 2.41. The summed E-state index contributed by atoms with van der Waals surface area (Å²) in [5.41, 5.74) is 0. The number of ether oxygens (including phenoxy) is 1. The molecule has 3 amide bonds. The molecule has 0 atom stereocenters. The molecule has 1 aliphatic rings. The molecule has 0 aromatic heterocycles. The molecule has 0 aromatic carbocycles. The molecule has 1 rings (SSSR count). The summed E-state index contributed by atoms with van der Waals surface area (Å²) >= 11 is 0. The molecule has 1 fully saturated rings. The number of nitrogens with one attached hydrogen (secondary N) is 1. The minimum absolute atomic E-state index is 0.00976.